The summed E-state index contributed by atoms with van der Waals surface area (Å²) in [6.07, 6.45) is 9.06. The SMILES string of the molecule is CCc1ccc(-c2ccccc2-c2ccc3c(c2)C=CCC3)cc1CC. The van der Waals surface area contributed by atoms with Crippen LogP contribution in [0.5, 0.6) is 0 Å². The molecule has 0 spiro atoms. The van der Waals surface area contributed by atoms with Crippen molar-refractivity contribution in [2.45, 2.75) is 39.5 Å². The van der Waals surface area contributed by atoms with E-state index in [9.17, 15) is 0 Å². The highest BCUT2D eigenvalue weighted by atomic mass is 14.2. The van der Waals surface area contributed by atoms with Gasteiger partial charge in [-0.1, -0.05) is 80.6 Å². The highest BCUT2D eigenvalue weighted by Crippen LogP contribution is 2.35. The van der Waals surface area contributed by atoms with Crippen LogP contribution in [0.15, 0.2) is 66.7 Å². The molecule has 0 heteroatoms. The standard InChI is InChI=1S/C26H26/c1-3-19-13-15-23(17-20(19)4-2)25-11-7-8-12-26(25)24-16-14-21-9-5-6-10-22(21)18-24/h6-8,10-18H,3-5,9H2,1-2H3. The van der Waals surface area contributed by atoms with Crippen molar-refractivity contribution in [1.29, 1.82) is 0 Å². The van der Waals surface area contributed by atoms with Crippen molar-refractivity contribution in [3.05, 3.63) is 89.0 Å². The third-order valence-corrected chi connectivity index (χ3v) is 5.54. The summed E-state index contributed by atoms with van der Waals surface area (Å²) in [5.74, 6) is 0. The number of benzene rings is 3. The van der Waals surface area contributed by atoms with E-state index in [4.69, 9.17) is 0 Å². The normalized spacial score (nSPS) is 12.8. The molecular formula is C26H26. The van der Waals surface area contributed by atoms with Gasteiger partial charge in [0.2, 0.25) is 0 Å². The Bertz CT molecular complexity index is 960. The second-order valence-corrected chi connectivity index (χ2v) is 7.09. The minimum Gasteiger partial charge on any atom is -0.0836 e. The third-order valence-electron chi connectivity index (χ3n) is 5.54. The molecule has 0 aliphatic heterocycles. The highest BCUT2D eigenvalue weighted by Gasteiger charge is 2.11. The van der Waals surface area contributed by atoms with E-state index in [0.717, 1.165) is 25.7 Å². The summed E-state index contributed by atoms with van der Waals surface area (Å²) in [6.45, 7) is 4.49. The van der Waals surface area contributed by atoms with Crippen molar-refractivity contribution in [3.63, 3.8) is 0 Å². The molecule has 1 aliphatic rings. The minimum atomic E-state index is 1.09. The van der Waals surface area contributed by atoms with Crippen LogP contribution in [0.25, 0.3) is 28.3 Å². The van der Waals surface area contributed by atoms with Gasteiger partial charge in [0.1, 0.15) is 0 Å². The Morgan fingerprint density at radius 1 is 0.731 bits per heavy atom. The van der Waals surface area contributed by atoms with E-state index < -0.39 is 0 Å². The first-order valence-corrected chi connectivity index (χ1v) is 9.81. The molecule has 0 saturated carbocycles. The van der Waals surface area contributed by atoms with Gasteiger partial charge in [0.05, 0.1) is 0 Å². The second kappa shape index (κ2) is 7.33. The summed E-state index contributed by atoms with van der Waals surface area (Å²) in [6, 6.07) is 22.7. The molecule has 0 radical (unpaired) electrons. The molecule has 0 nitrogen and oxygen atoms in total. The van der Waals surface area contributed by atoms with Gasteiger partial charge in [-0.2, -0.15) is 0 Å². The van der Waals surface area contributed by atoms with Crippen LogP contribution in [0.4, 0.5) is 0 Å². The number of aryl methyl sites for hydroxylation is 3. The van der Waals surface area contributed by atoms with Gasteiger partial charge in [-0.3, -0.25) is 0 Å². The number of fused-ring (bicyclic) bond motifs is 1. The van der Waals surface area contributed by atoms with Gasteiger partial charge < -0.3 is 0 Å². The number of hydrogen-bond acceptors (Lipinski definition) is 0. The largest absolute Gasteiger partial charge is 0.0836 e. The van der Waals surface area contributed by atoms with E-state index in [1.54, 1.807) is 0 Å². The van der Waals surface area contributed by atoms with Crippen molar-refractivity contribution in [2.24, 2.45) is 0 Å². The van der Waals surface area contributed by atoms with Crippen LogP contribution < -0.4 is 0 Å². The fraction of sp³-hybridized carbons (Fsp3) is 0.231. The molecule has 3 aromatic carbocycles. The molecule has 0 aromatic heterocycles. The smallest absolute Gasteiger partial charge is 0.0105 e. The lowest BCUT2D eigenvalue weighted by Crippen LogP contribution is -1.95. The fourth-order valence-corrected chi connectivity index (χ4v) is 4.05. The first-order chi connectivity index (χ1) is 12.8. The first kappa shape index (κ1) is 16.8. The fourth-order valence-electron chi connectivity index (χ4n) is 4.05. The van der Waals surface area contributed by atoms with Crippen LogP contribution in [0, 0.1) is 0 Å². The van der Waals surface area contributed by atoms with Crippen LogP contribution in [0.2, 0.25) is 0 Å². The Morgan fingerprint density at radius 2 is 1.42 bits per heavy atom. The van der Waals surface area contributed by atoms with Crippen LogP contribution in [0.3, 0.4) is 0 Å². The maximum atomic E-state index is 2.38. The van der Waals surface area contributed by atoms with E-state index in [2.05, 4.69) is 86.7 Å². The van der Waals surface area contributed by atoms with Crippen molar-refractivity contribution in [2.75, 3.05) is 0 Å². The molecular weight excluding hydrogens is 312 g/mol. The highest BCUT2D eigenvalue weighted by molar-refractivity contribution is 5.85. The zero-order valence-electron chi connectivity index (χ0n) is 15.8. The van der Waals surface area contributed by atoms with Gasteiger partial charge in [0, 0.05) is 0 Å². The molecule has 3 aromatic rings. The molecule has 0 bridgehead atoms. The Labute approximate surface area is 157 Å². The topological polar surface area (TPSA) is 0 Å². The van der Waals surface area contributed by atoms with E-state index in [1.807, 2.05) is 0 Å². The van der Waals surface area contributed by atoms with Crippen LogP contribution in [-0.2, 0) is 19.3 Å². The second-order valence-electron chi connectivity index (χ2n) is 7.09. The average Bonchev–Trinajstić information content (AvgIpc) is 2.73. The van der Waals surface area contributed by atoms with Crippen molar-refractivity contribution >= 4 is 6.08 Å². The van der Waals surface area contributed by atoms with Crippen molar-refractivity contribution in [3.8, 4) is 22.3 Å². The van der Waals surface area contributed by atoms with Gasteiger partial charge in [-0.15, -0.1) is 0 Å². The monoisotopic (exact) mass is 338 g/mol. The Morgan fingerprint density at radius 3 is 2.15 bits per heavy atom. The van der Waals surface area contributed by atoms with Crippen molar-refractivity contribution < 1.29 is 0 Å². The zero-order chi connectivity index (χ0) is 17.9. The maximum Gasteiger partial charge on any atom is -0.0105 e. The predicted octanol–water partition coefficient (Wildman–Crippen LogP) is 7.10. The molecule has 4 rings (SSSR count). The number of rotatable bonds is 4. The third kappa shape index (κ3) is 3.12. The number of hydrogen-bond donors (Lipinski definition) is 0. The summed E-state index contributed by atoms with van der Waals surface area (Å²) >= 11 is 0. The lowest BCUT2D eigenvalue weighted by Gasteiger charge is -2.16. The summed E-state index contributed by atoms with van der Waals surface area (Å²) in [4.78, 5) is 0. The summed E-state index contributed by atoms with van der Waals surface area (Å²) in [5, 5.41) is 0. The molecule has 0 atom stereocenters. The summed E-state index contributed by atoms with van der Waals surface area (Å²) in [5.41, 5.74) is 11.0. The quantitative estimate of drug-likeness (QED) is 0.475. The zero-order valence-corrected chi connectivity index (χ0v) is 15.8. The van der Waals surface area contributed by atoms with Crippen LogP contribution >= 0.6 is 0 Å². The Kier molecular flexibility index (Phi) is 4.75. The molecule has 0 N–H and O–H groups in total. The Balaban J connectivity index is 1.82. The van der Waals surface area contributed by atoms with Gasteiger partial charge in [-0.25, -0.2) is 0 Å². The summed E-state index contributed by atoms with van der Waals surface area (Å²) < 4.78 is 0. The molecule has 0 amide bonds. The first-order valence-electron chi connectivity index (χ1n) is 9.81. The maximum absolute atomic E-state index is 2.38. The van der Waals surface area contributed by atoms with Gasteiger partial charge in [-0.05, 0) is 76.3 Å². The van der Waals surface area contributed by atoms with Gasteiger partial charge in [0.15, 0.2) is 0 Å². The average molecular weight is 338 g/mol. The summed E-state index contributed by atoms with van der Waals surface area (Å²) in [7, 11) is 0. The number of allylic oxidation sites excluding steroid dienone is 1. The lowest BCUT2D eigenvalue weighted by molar-refractivity contribution is 0.986. The minimum absolute atomic E-state index is 1.09. The van der Waals surface area contributed by atoms with E-state index >= 15 is 0 Å². The van der Waals surface area contributed by atoms with E-state index in [-0.39, 0.29) is 0 Å². The Hall–Kier alpha value is -2.60. The molecule has 1 aliphatic carbocycles. The van der Waals surface area contributed by atoms with Crippen molar-refractivity contribution in [1.82, 2.24) is 0 Å². The molecule has 0 saturated heterocycles. The van der Waals surface area contributed by atoms with E-state index in [0.29, 0.717) is 0 Å². The molecule has 130 valence electrons. The van der Waals surface area contributed by atoms with Crippen LogP contribution in [0.1, 0.15) is 42.5 Å². The molecule has 0 unspecified atom stereocenters. The molecule has 0 heterocycles. The molecule has 26 heavy (non-hydrogen) atoms. The molecule has 0 fully saturated rings. The van der Waals surface area contributed by atoms with Crippen LogP contribution in [-0.4, -0.2) is 0 Å². The van der Waals surface area contributed by atoms with Gasteiger partial charge in [0.25, 0.3) is 0 Å². The lowest BCUT2D eigenvalue weighted by atomic mass is 9.89. The van der Waals surface area contributed by atoms with E-state index in [1.165, 1.54) is 44.5 Å². The van der Waals surface area contributed by atoms with Gasteiger partial charge >= 0.3 is 0 Å². The predicted molar refractivity (Wildman–Crippen MR) is 113 cm³/mol.